The molecule has 0 spiro atoms. The van der Waals surface area contributed by atoms with Crippen LogP contribution >= 0.6 is 0 Å². The molecule has 5 nitrogen and oxygen atoms in total. The molecule has 124 valence electrons. The van der Waals surface area contributed by atoms with Gasteiger partial charge < -0.3 is 19.6 Å². The second kappa shape index (κ2) is 6.49. The molecule has 6 heteroatoms. The molecule has 0 aromatic heterocycles. The van der Waals surface area contributed by atoms with Gasteiger partial charge in [-0.3, -0.25) is 0 Å². The van der Waals surface area contributed by atoms with E-state index in [1.807, 2.05) is 18.2 Å². The summed E-state index contributed by atoms with van der Waals surface area (Å²) < 4.78 is 23.6. The van der Waals surface area contributed by atoms with E-state index < -0.39 is 0 Å². The number of ether oxygens (including phenoxy) is 2. The zero-order chi connectivity index (χ0) is 16.4. The summed E-state index contributed by atoms with van der Waals surface area (Å²) in [4.78, 5) is 5.49. The van der Waals surface area contributed by atoms with Gasteiger partial charge in [0, 0.05) is 25.1 Å². The first kappa shape index (κ1) is 15.0. The molecule has 2 aromatic rings. The summed E-state index contributed by atoms with van der Waals surface area (Å²) in [5.74, 6) is 1.28. The highest BCUT2D eigenvalue weighted by Crippen LogP contribution is 2.33. The third kappa shape index (κ3) is 3.19. The fourth-order valence-electron chi connectivity index (χ4n) is 2.76. The largest absolute Gasteiger partial charge is 0.454 e. The summed E-state index contributed by atoms with van der Waals surface area (Å²) >= 11 is 0. The molecular formula is C18H17FN2O3. The molecule has 0 radical (unpaired) electrons. The number of nitrogens with one attached hydrogen (secondary N) is 1. The summed E-state index contributed by atoms with van der Waals surface area (Å²) in [7, 11) is 0. The lowest BCUT2D eigenvalue weighted by atomic mass is 10.0. The predicted molar refractivity (Wildman–Crippen MR) is 86.7 cm³/mol. The van der Waals surface area contributed by atoms with Crippen LogP contribution in [0.5, 0.6) is 11.5 Å². The zero-order valence-electron chi connectivity index (χ0n) is 13.0. The lowest BCUT2D eigenvalue weighted by Gasteiger charge is -2.10. The minimum Gasteiger partial charge on any atom is -0.454 e. The maximum absolute atomic E-state index is 12.9. The molecule has 2 aromatic carbocycles. The SMILES string of the molecule is Fc1ccc(CNCC2CC(c3ccc4c(c3)OCO4)=NO2)cc1. The number of rotatable bonds is 5. The van der Waals surface area contributed by atoms with Crippen molar-refractivity contribution in [2.75, 3.05) is 13.3 Å². The molecule has 24 heavy (non-hydrogen) atoms. The van der Waals surface area contributed by atoms with E-state index >= 15 is 0 Å². The highest BCUT2D eigenvalue weighted by Gasteiger charge is 2.23. The smallest absolute Gasteiger partial charge is 0.231 e. The Morgan fingerprint density at radius 2 is 1.92 bits per heavy atom. The van der Waals surface area contributed by atoms with Crippen LogP contribution in [0.15, 0.2) is 47.6 Å². The molecule has 0 amide bonds. The Balaban J connectivity index is 1.29. The molecule has 0 fully saturated rings. The van der Waals surface area contributed by atoms with E-state index in [-0.39, 0.29) is 18.7 Å². The molecule has 4 rings (SSSR count). The number of hydrogen-bond donors (Lipinski definition) is 1. The Morgan fingerprint density at radius 3 is 2.79 bits per heavy atom. The van der Waals surface area contributed by atoms with Crippen LogP contribution in [-0.2, 0) is 11.4 Å². The third-order valence-electron chi connectivity index (χ3n) is 4.05. The van der Waals surface area contributed by atoms with Gasteiger partial charge in [-0.25, -0.2) is 4.39 Å². The highest BCUT2D eigenvalue weighted by molar-refractivity contribution is 6.01. The van der Waals surface area contributed by atoms with Crippen molar-refractivity contribution in [1.29, 1.82) is 0 Å². The summed E-state index contributed by atoms with van der Waals surface area (Å²) in [6.45, 7) is 1.60. The number of fused-ring (bicyclic) bond motifs is 1. The van der Waals surface area contributed by atoms with Gasteiger partial charge in [0.05, 0.1) is 5.71 Å². The fourth-order valence-corrected chi connectivity index (χ4v) is 2.76. The fraction of sp³-hybridized carbons (Fsp3) is 0.278. The molecule has 0 saturated heterocycles. The van der Waals surface area contributed by atoms with Crippen molar-refractivity contribution >= 4 is 5.71 Å². The number of benzene rings is 2. The highest BCUT2D eigenvalue weighted by atomic mass is 19.1. The lowest BCUT2D eigenvalue weighted by molar-refractivity contribution is 0.0848. The molecule has 1 atom stereocenters. The van der Waals surface area contributed by atoms with Gasteiger partial charge >= 0.3 is 0 Å². The topological polar surface area (TPSA) is 52.1 Å². The van der Waals surface area contributed by atoms with Crippen molar-refractivity contribution < 1.29 is 18.7 Å². The van der Waals surface area contributed by atoms with E-state index in [2.05, 4.69) is 10.5 Å². The summed E-state index contributed by atoms with van der Waals surface area (Å²) in [5, 5.41) is 7.49. The van der Waals surface area contributed by atoms with Gasteiger partial charge in [0.25, 0.3) is 0 Å². The molecule has 0 aliphatic carbocycles. The van der Waals surface area contributed by atoms with E-state index in [1.165, 1.54) is 12.1 Å². The van der Waals surface area contributed by atoms with E-state index in [0.29, 0.717) is 13.1 Å². The van der Waals surface area contributed by atoms with Crippen molar-refractivity contribution in [3.05, 3.63) is 59.4 Å². The second-order valence-electron chi connectivity index (χ2n) is 5.79. The van der Waals surface area contributed by atoms with Crippen LogP contribution in [0.1, 0.15) is 17.5 Å². The van der Waals surface area contributed by atoms with Gasteiger partial charge in [0.15, 0.2) is 11.5 Å². The standard InChI is InChI=1S/C18H17FN2O3/c19-14-4-1-12(2-5-14)9-20-10-15-8-16(21-24-15)13-3-6-17-18(7-13)23-11-22-17/h1-7,15,20H,8-11H2. The normalized spacial score (nSPS) is 18.4. The summed E-state index contributed by atoms with van der Waals surface area (Å²) in [5.41, 5.74) is 2.92. The van der Waals surface area contributed by atoms with Gasteiger partial charge in [0.2, 0.25) is 6.79 Å². The van der Waals surface area contributed by atoms with Crippen LogP contribution < -0.4 is 14.8 Å². The van der Waals surface area contributed by atoms with Gasteiger partial charge in [-0.15, -0.1) is 0 Å². The molecule has 2 heterocycles. The number of hydrogen-bond acceptors (Lipinski definition) is 5. The van der Waals surface area contributed by atoms with Gasteiger partial charge in [-0.1, -0.05) is 17.3 Å². The first-order valence-corrected chi connectivity index (χ1v) is 7.86. The number of nitrogens with zero attached hydrogens (tertiary/aromatic N) is 1. The number of oxime groups is 1. The first-order valence-electron chi connectivity index (χ1n) is 7.86. The number of halogens is 1. The van der Waals surface area contributed by atoms with Crippen LogP contribution in [0, 0.1) is 5.82 Å². The quantitative estimate of drug-likeness (QED) is 0.917. The van der Waals surface area contributed by atoms with Crippen molar-refractivity contribution in [2.24, 2.45) is 5.16 Å². The van der Waals surface area contributed by atoms with E-state index in [1.54, 1.807) is 12.1 Å². The van der Waals surface area contributed by atoms with Crippen LogP contribution in [0.3, 0.4) is 0 Å². The minimum atomic E-state index is -0.223. The van der Waals surface area contributed by atoms with E-state index in [0.717, 1.165) is 34.8 Å². The Labute approximate surface area is 139 Å². The molecule has 2 aliphatic rings. The minimum absolute atomic E-state index is 0.00845. The Kier molecular flexibility index (Phi) is 4.04. The van der Waals surface area contributed by atoms with Crippen LogP contribution in [-0.4, -0.2) is 25.2 Å². The Bertz CT molecular complexity index is 761. The molecule has 2 aliphatic heterocycles. The van der Waals surface area contributed by atoms with Crippen LogP contribution in [0.4, 0.5) is 4.39 Å². The molecule has 0 saturated carbocycles. The summed E-state index contributed by atoms with van der Waals surface area (Å²) in [6.07, 6.45) is 0.724. The lowest BCUT2D eigenvalue weighted by Crippen LogP contribution is -2.26. The monoisotopic (exact) mass is 328 g/mol. The average molecular weight is 328 g/mol. The molecule has 1 N–H and O–H groups in total. The van der Waals surface area contributed by atoms with Crippen LogP contribution in [0.25, 0.3) is 0 Å². The molecule has 0 bridgehead atoms. The molecule has 1 unspecified atom stereocenters. The van der Waals surface area contributed by atoms with E-state index in [4.69, 9.17) is 14.3 Å². The maximum atomic E-state index is 12.9. The Morgan fingerprint density at radius 1 is 1.08 bits per heavy atom. The first-order chi connectivity index (χ1) is 11.8. The van der Waals surface area contributed by atoms with Gasteiger partial charge in [-0.05, 0) is 35.9 Å². The van der Waals surface area contributed by atoms with Crippen molar-refractivity contribution in [2.45, 2.75) is 19.1 Å². The van der Waals surface area contributed by atoms with Gasteiger partial charge in [-0.2, -0.15) is 0 Å². The Hall–Kier alpha value is -2.60. The predicted octanol–water partition coefficient (Wildman–Crippen LogP) is 2.84. The van der Waals surface area contributed by atoms with Crippen molar-refractivity contribution in [3.8, 4) is 11.5 Å². The van der Waals surface area contributed by atoms with Crippen molar-refractivity contribution in [3.63, 3.8) is 0 Å². The maximum Gasteiger partial charge on any atom is 0.231 e. The van der Waals surface area contributed by atoms with E-state index in [9.17, 15) is 4.39 Å². The average Bonchev–Trinajstić information content (AvgIpc) is 3.25. The van der Waals surface area contributed by atoms with Crippen LogP contribution in [0.2, 0.25) is 0 Å². The molecular weight excluding hydrogens is 311 g/mol. The third-order valence-corrected chi connectivity index (χ3v) is 4.05. The van der Waals surface area contributed by atoms with Crippen molar-refractivity contribution in [1.82, 2.24) is 5.32 Å². The van der Waals surface area contributed by atoms with Gasteiger partial charge in [0.1, 0.15) is 11.9 Å². The zero-order valence-corrected chi connectivity index (χ0v) is 13.0. The summed E-state index contributed by atoms with van der Waals surface area (Å²) in [6, 6.07) is 12.2. The second-order valence-corrected chi connectivity index (χ2v) is 5.79.